The van der Waals surface area contributed by atoms with Crippen molar-refractivity contribution in [2.24, 2.45) is 0 Å². The minimum atomic E-state index is -1.06. The van der Waals surface area contributed by atoms with Crippen LogP contribution in [0.25, 0.3) is 11.1 Å². The second-order valence-electron chi connectivity index (χ2n) is 8.28. The summed E-state index contributed by atoms with van der Waals surface area (Å²) in [6.45, 7) is 1.56. The van der Waals surface area contributed by atoms with Crippen molar-refractivity contribution >= 4 is 11.9 Å². The number of ether oxygens (including phenoxy) is 1. The molecule has 0 saturated carbocycles. The first-order valence-electron chi connectivity index (χ1n) is 11.6. The van der Waals surface area contributed by atoms with E-state index in [1.807, 2.05) is 91.3 Å². The highest BCUT2D eigenvalue weighted by Gasteiger charge is 2.21. The van der Waals surface area contributed by atoms with E-state index < -0.39 is 17.9 Å². The van der Waals surface area contributed by atoms with E-state index in [2.05, 4.69) is 9.88 Å². The lowest BCUT2D eigenvalue weighted by molar-refractivity contribution is -0.139. The van der Waals surface area contributed by atoms with Crippen molar-refractivity contribution < 1.29 is 19.4 Å². The average Bonchev–Trinajstić information content (AvgIpc) is 3.41. The molecule has 1 unspecified atom stereocenters. The summed E-state index contributed by atoms with van der Waals surface area (Å²) in [5.74, 6) is -0.662. The summed E-state index contributed by atoms with van der Waals surface area (Å²) in [6, 6.07) is 27.2. The van der Waals surface area contributed by atoms with Crippen LogP contribution in [-0.2, 0) is 17.8 Å². The number of aryl methyl sites for hydroxylation is 1. The van der Waals surface area contributed by atoms with Crippen LogP contribution >= 0.6 is 0 Å². The molecule has 0 spiro atoms. The number of carboxylic acid groups (broad SMARTS) is 1. The van der Waals surface area contributed by atoms with Gasteiger partial charge in [0.05, 0.1) is 6.61 Å². The lowest BCUT2D eigenvalue weighted by Crippen LogP contribution is -2.42. The molecule has 1 aromatic heterocycles. The van der Waals surface area contributed by atoms with Crippen molar-refractivity contribution in [3.8, 4) is 16.9 Å². The predicted molar refractivity (Wildman–Crippen MR) is 135 cm³/mol. The van der Waals surface area contributed by atoms with E-state index >= 15 is 0 Å². The third-order valence-corrected chi connectivity index (χ3v) is 5.72. The van der Waals surface area contributed by atoms with Crippen LogP contribution in [0.3, 0.4) is 0 Å². The summed E-state index contributed by atoms with van der Waals surface area (Å²) < 4.78 is 7.96. The van der Waals surface area contributed by atoms with Gasteiger partial charge in [0, 0.05) is 30.9 Å². The van der Waals surface area contributed by atoms with Gasteiger partial charge in [-0.05, 0) is 59.5 Å². The fourth-order valence-corrected chi connectivity index (χ4v) is 3.81. The van der Waals surface area contributed by atoms with E-state index in [0.717, 1.165) is 35.4 Å². The third-order valence-electron chi connectivity index (χ3n) is 5.72. The van der Waals surface area contributed by atoms with E-state index in [9.17, 15) is 14.7 Å². The summed E-state index contributed by atoms with van der Waals surface area (Å²) in [6.07, 6.45) is 5.23. The first kappa shape index (κ1) is 23.8. The number of amides is 1. The maximum atomic E-state index is 12.7. The molecule has 0 bridgehead atoms. The SMILES string of the molecule is O=C(NC(Cc1ccccc1)C(=O)O)c1ccc(-c2ccc(OCCCn3cccc3)cc2)cc1. The van der Waals surface area contributed by atoms with Gasteiger partial charge < -0.3 is 19.7 Å². The first-order valence-corrected chi connectivity index (χ1v) is 11.6. The molecule has 0 aliphatic rings. The molecule has 0 radical (unpaired) electrons. The van der Waals surface area contributed by atoms with Gasteiger partial charge in [0.25, 0.3) is 5.91 Å². The minimum absolute atomic E-state index is 0.223. The van der Waals surface area contributed by atoms with Gasteiger partial charge in [-0.25, -0.2) is 4.79 Å². The quantitative estimate of drug-likeness (QED) is 0.302. The molecule has 0 aliphatic heterocycles. The summed E-state index contributed by atoms with van der Waals surface area (Å²) in [4.78, 5) is 24.3. The van der Waals surface area contributed by atoms with Gasteiger partial charge in [-0.15, -0.1) is 0 Å². The third kappa shape index (κ3) is 6.84. The van der Waals surface area contributed by atoms with Gasteiger partial charge in [0.2, 0.25) is 0 Å². The number of carbonyl (C=O) groups excluding carboxylic acids is 1. The van der Waals surface area contributed by atoms with Gasteiger partial charge in [-0.1, -0.05) is 54.6 Å². The van der Waals surface area contributed by atoms with Crippen molar-refractivity contribution in [3.05, 3.63) is 115 Å². The zero-order valence-electron chi connectivity index (χ0n) is 19.3. The summed E-state index contributed by atoms with van der Waals surface area (Å²) in [5.41, 5.74) is 3.23. The number of hydrogen-bond donors (Lipinski definition) is 2. The molecule has 3 aromatic carbocycles. The highest BCUT2D eigenvalue weighted by atomic mass is 16.5. The average molecular weight is 469 g/mol. The smallest absolute Gasteiger partial charge is 0.326 e. The molecule has 178 valence electrons. The highest BCUT2D eigenvalue weighted by molar-refractivity contribution is 5.97. The number of carbonyl (C=O) groups is 2. The van der Waals surface area contributed by atoms with E-state index in [1.165, 1.54) is 0 Å². The van der Waals surface area contributed by atoms with Gasteiger partial charge in [-0.2, -0.15) is 0 Å². The first-order chi connectivity index (χ1) is 17.1. The molecular weight excluding hydrogens is 440 g/mol. The van der Waals surface area contributed by atoms with Crippen LogP contribution in [0, 0.1) is 0 Å². The number of rotatable bonds is 11. The van der Waals surface area contributed by atoms with Gasteiger partial charge >= 0.3 is 5.97 Å². The number of nitrogens with zero attached hydrogens (tertiary/aromatic N) is 1. The van der Waals surface area contributed by atoms with Gasteiger partial charge in [0.15, 0.2) is 0 Å². The number of nitrogens with one attached hydrogen (secondary N) is 1. The van der Waals surface area contributed by atoms with Crippen molar-refractivity contribution in [2.45, 2.75) is 25.4 Å². The molecule has 6 nitrogen and oxygen atoms in total. The van der Waals surface area contributed by atoms with Crippen molar-refractivity contribution in [3.63, 3.8) is 0 Å². The number of aromatic nitrogens is 1. The molecule has 1 heterocycles. The Morgan fingerprint density at radius 2 is 1.46 bits per heavy atom. The van der Waals surface area contributed by atoms with Crippen LogP contribution in [0.4, 0.5) is 0 Å². The van der Waals surface area contributed by atoms with Crippen LogP contribution in [0.1, 0.15) is 22.3 Å². The van der Waals surface area contributed by atoms with Crippen LogP contribution < -0.4 is 10.1 Å². The molecule has 6 heteroatoms. The van der Waals surface area contributed by atoms with Crippen LogP contribution in [0.2, 0.25) is 0 Å². The molecule has 0 saturated heterocycles. The van der Waals surface area contributed by atoms with Crippen LogP contribution in [0.5, 0.6) is 5.75 Å². The molecule has 4 aromatic rings. The fourth-order valence-electron chi connectivity index (χ4n) is 3.81. The highest BCUT2D eigenvalue weighted by Crippen LogP contribution is 2.23. The van der Waals surface area contributed by atoms with E-state index in [0.29, 0.717) is 12.2 Å². The van der Waals surface area contributed by atoms with Crippen LogP contribution in [-0.4, -0.2) is 34.2 Å². The van der Waals surface area contributed by atoms with E-state index in [-0.39, 0.29) is 6.42 Å². The van der Waals surface area contributed by atoms with Gasteiger partial charge in [0.1, 0.15) is 11.8 Å². The standard InChI is InChI=1S/C29H28N2O4/c32-28(30-27(29(33)34)21-22-7-2-1-3-8-22)25-11-9-23(10-12-25)24-13-15-26(16-14-24)35-20-6-19-31-17-4-5-18-31/h1-5,7-18,27H,6,19-21H2,(H,30,32)(H,33,34). The summed E-state index contributed by atoms with van der Waals surface area (Å²) in [7, 11) is 0. The molecule has 0 fully saturated rings. The molecule has 35 heavy (non-hydrogen) atoms. The summed E-state index contributed by atoms with van der Waals surface area (Å²) in [5, 5.41) is 12.2. The lowest BCUT2D eigenvalue weighted by atomic mass is 10.0. The number of aliphatic carboxylic acids is 1. The largest absolute Gasteiger partial charge is 0.494 e. The zero-order chi connectivity index (χ0) is 24.5. The second kappa shape index (κ2) is 11.7. The number of benzene rings is 3. The van der Waals surface area contributed by atoms with Crippen LogP contribution in [0.15, 0.2) is 103 Å². The molecule has 0 aliphatic carbocycles. The molecule has 1 atom stereocenters. The Morgan fingerprint density at radius 3 is 2.09 bits per heavy atom. The van der Waals surface area contributed by atoms with E-state index in [1.54, 1.807) is 12.1 Å². The van der Waals surface area contributed by atoms with E-state index in [4.69, 9.17) is 4.74 Å². The Balaban J connectivity index is 1.31. The molecule has 4 rings (SSSR count). The Morgan fingerprint density at radius 1 is 0.829 bits per heavy atom. The number of hydrogen-bond acceptors (Lipinski definition) is 3. The lowest BCUT2D eigenvalue weighted by Gasteiger charge is -2.15. The Labute approximate surface area is 204 Å². The maximum Gasteiger partial charge on any atom is 0.326 e. The Bertz CT molecular complexity index is 1220. The predicted octanol–water partition coefficient (Wildman–Crippen LogP) is 5.05. The van der Waals surface area contributed by atoms with Crippen molar-refractivity contribution in [1.82, 2.24) is 9.88 Å². The summed E-state index contributed by atoms with van der Waals surface area (Å²) >= 11 is 0. The van der Waals surface area contributed by atoms with Gasteiger partial charge in [-0.3, -0.25) is 4.79 Å². The normalized spacial score (nSPS) is 11.5. The fraction of sp³-hybridized carbons (Fsp3) is 0.172. The topological polar surface area (TPSA) is 80.6 Å². The Kier molecular flexibility index (Phi) is 7.96. The number of carboxylic acids is 1. The zero-order valence-corrected chi connectivity index (χ0v) is 19.3. The van der Waals surface area contributed by atoms with Crippen molar-refractivity contribution in [1.29, 1.82) is 0 Å². The maximum absolute atomic E-state index is 12.7. The molecular formula is C29H28N2O4. The monoisotopic (exact) mass is 468 g/mol. The Hall–Kier alpha value is -4.32. The minimum Gasteiger partial charge on any atom is -0.494 e. The van der Waals surface area contributed by atoms with Crippen molar-refractivity contribution in [2.75, 3.05) is 6.61 Å². The molecule has 1 amide bonds. The second-order valence-corrected chi connectivity index (χ2v) is 8.28. The molecule has 2 N–H and O–H groups in total.